The molecule has 1 aliphatic heterocycles. The third-order valence-electron chi connectivity index (χ3n) is 5.17. The Bertz CT molecular complexity index is 1120. The summed E-state index contributed by atoms with van der Waals surface area (Å²) in [5, 5.41) is 11.3. The van der Waals surface area contributed by atoms with Gasteiger partial charge in [-0.15, -0.1) is 11.8 Å². The Labute approximate surface area is 206 Å². The summed E-state index contributed by atoms with van der Waals surface area (Å²) in [5.41, 5.74) is 3.26. The van der Waals surface area contributed by atoms with Crippen LogP contribution in [0.4, 0.5) is 10.1 Å². The van der Waals surface area contributed by atoms with Crippen LogP contribution in [0.1, 0.15) is 48.3 Å². The molecule has 3 N–H and O–H groups in total. The molecule has 2 aromatic rings. The van der Waals surface area contributed by atoms with Crippen LogP contribution in [0.25, 0.3) is 0 Å². The minimum absolute atomic E-state index is 0.0347. The molecule has 1 aromatic carbocycles. The summed E-state index contributed by atoms with van der Waals surface area (Å²) in [5.74, 6) is 0.268. The molecule has 0 spiro atoms. The number of aryl methyl sites for hydroxylation is 1. The third-order valence-corrected chi connectivity index (χ3v) is 7.39. The van der Waals surface area contributed by atoms with Crippen LogP contribution < -0.4 is 16.0 Å². The highest BCUT2D eigenvalue weighted by Gasteiger charge is 2.20. The van der Waals surface area contributed by atoms with Crippen LogP contribution in [-0.2, 0) is 0 Å². The van der Waals surface area contributed by atoms with Gasteiger partial charge in [-0.05, 0) is 61.7 Å². The monoisotopic (exact) mass is 499 g/mol. The number of hydrogen-bond acceptors (Lipinski definition) is 6. The lowest BCUT2D eigenvalue weighted by molar-refractivity contribution is 0.102. The molecular weight excluding hydrogens is 468 g/mol. The summed E-state index contributed by atoms with van der Waals surface area (Å²) >= 11 is 1.64. The van der Waals surface area contributed by atoms with Gasteiger partial charge in [-0.1, -0.05) is 22.1 Å². The lowest BCUT2D eigenvalue weighted by atomic mass is 10.1. The Balaban J connectivity index is 1.69. The Morgan fingerprint density at radius 1 is 1.35 bits per heavy atom. The van der Waals surface area contributed by atoms with Crippen LogP contribution in [0.15, 0.2) is 64.3 Å². The number of aromatic nitrogens is 1. The molecule has 0 bridgehead atoms. The van der Waals surface area contributed by atoms with Gasteiger partial charge in [0.2, 0.25) is 0 Å². The van der Waals surface area contributed by atoms with E-state index in [1.54, 1.807) is 30.1 Å². The number of nitrogens with zero attached hydrogens (tertiary/aromatic N) is 2. The fraction of sp³-hybridized carbons (Fsp3) is 0.320. The van der Waals surface area contributed by atoms with E-state index in [-0.39, 0.29) is 23.5 Å². The topological polar surface area (TPSA) is 78.4 Å². The van der Waals surface area contributed by atoms with E-state index in [1.165, 1.54) is 6.07 Å². The van der Waals surface area contributed by atoms with Gasteiger partial charge >= 0.3 is 0 Å². The Morgan fingerprint density at radius 2 is 2.15 bits per heavy atom. The molecule has 9 heteroatoms. The van der Waals surface area contributed by atoms with Crippen molar-refractivity contribution in [3.8, 4) is 0 Å². The normalized spacial score (nSPS) is 18.3. The number of carbonyl (C=O) groups is 1. The Hall–Kier alpha value is -2.54. The number of rotatable bonds is 9. The molecule has 2 heterocycles. The quantitative estimate of drug-likeness (QED) is 0.309. The number of anilines is 1. The summed E-state index contributed by atoms with van der Waals surface area (Å²) in [6.07, 6.45) is 5.28. The first-order valence-electron chi connectivity index (χ1n) is 11.2. The van der Waals surface area contributed by atoms with Gasteiger partial charge in [0, 0.05) is 42.4 Å². The number of pyridine rings is 1. The highest BCUT2D eigenvalue weighted by Crippen LogP contribution is 2.37. The number of thioether (sulfide) groups is 1. The number of amides is 1. The number of benzene rings is 1. The zero-order chi connectivity index (χ0) is 24.7. The van der Waals surface area contributed by atoms with Crippen molar-refractivity contribution in [1.82, 2.24) is 15.6 Å². The molecule has 3 unspecified atom stereocenters. The molecule has 0 saturated heterocycles. The van der Waals surface area contributed by atoms with Crippen molar-refractivity contribution >= 4 is 38.2 Å². The zero-order valence-corrected chi connectivity index (χ0v) is 21.7. The molecule has 3 rings (SSSR count). The van der Waals surface area contributed by atoms with Gasteiger partial charge in [0.15, 0.2) is 0 Å². The maximum Gasteiger partial charge on any atom is 0.257 e. The zero-order valence-electron chi connectivity index (χ0n) is 19.9. The van der Waals surface area contributed by atoms with Crippen molar-refractivity contribution in [1.29, 1.82) is 0 Å². The molecule has 0 aliphatic carbocycles. The SMILES string of the molecule is C=C1PC(NC(C)c2cc(NC(=O)c3cnc(SCC)c(C)c3)ccc2F)C=N/C1=C/NCC. The molecule has 1 aliphatic rings. The predicted molar refractivity (Wildman–Crippen MR) is 143 cm³/mol. The molecule has 1 amide bonds. The second-order valence-electron chi connectivity index (χ2n) is 7.82. The smallest absolute Gasteiger partial charge is 0.257 e. The number of allylic oxidation sites excluding steroid dienone is 1. The van der Waals surface area contributed by atoms with Crippen molar-refractivity contribution in [2.24, 2.45) is 4.99 Å². The van der Waals surface area contributed by atoms with Crippen molar-refractivity contribution in [2.45, 2.75) is 44.5 Å². The van der Waals surface area contributed by atoms with Crippen LogP contribution >= 0.6 is 20.3 Å². The molecule has 3 atom stereocenters. The van der Waals surface area contributed by atoms with Crippen molar-refractivity contribution in [3.05, 3.63) is 76.8 Å². The van der Waals surface area contributed by atoms with E-state index in [0.717, 1.165) is 33.9 Å². The average molecular weight is 500 g/mol. The highest BCUT2D eigenvalue weighted by atomic mass is 32.2. The fourth-order valence-electron chi connectivity index (χ4n) is 3.43. The maximum absolute atomic E-state index is 14.7. The summed E-state index contributed by atoms with van der Waals surface area (Å²) in [6.45, 7) is 12.8. The second-order valence-corrected chi connectivity index (χ2v) is 10.6. The maximum atomic E-state index is 14.7. The van der Waals surface area contributed by atoms with E-state index >= 15 is 0 Å². The first kappa shape index (κ1) is 26.1. The van der Waals surface area contributed by atoms with Crippen LogP contribution in [0.2, 0.25) is 0 Å². The average Bonchev–Trinajstić information content (AvgIpc) is 2.81. The van der Waals surface area contributed by atoms with Gasteiger partial charge in [-0.25, -0.2) is 9.37 Å². The summed E-state index contributed by atoms with van der Waals surface area (Å²) in [4.78, 5) is 21.6. The molecule has 34 heavy (non-hydrogen) atoms. The standard InChI is InChI=1S/C25H31FN5OPS/c1-6-27-13-22-17(5)33-23(14-28-22)30-16(4)20-11-19(8-9-21(20)26)31-24(32)18-10-15(3)25(29-12-18)34-7-2/h8-14,16,23,27,30,33H,5-7H2,1-4H3,(H,31,32)/b22-13+. The van der Waals surface area contributed by atoms with E-state index in [9.17, 15) is 9.18 Å². The third kappa shape index (κ3) is 6.75. The molecule has 1 aromatic heterocycles. The summed E-state index contributed by atoms with van der Waals surface area (Å²) in [7, 11) is 0.401. The number of hydrogen-bond donors (Lipinski definition) is 3. The van der Waals surface area contributed by atoms with Crippen LogP contribution in [0.3, 0.4) is 0 Å². The first-order valence-corrected chi connectivity index (χ1v) is 13.3. The van der Waals surface area contributed by atoms with Crippen LogP contribution in [-0.4, -0.2) is 35.2 Å². The first-order chi connectivity index (χ1) is 16.3. The fourth-order valence-corrected chi connectivity index (χ4v) is 5.26. The van der Waals surface area contributed by atoms with E-state index in [2.05, 4.69) is 39.4 Å². The lowest BCUT2D eigenvalue weighted by Crippen LogP contribution is -2.31. The van der Waals surface area contributed by atoms with E-state index < -0.39 is 0 Å². The molecular formula is C25H31FN5OPS. The van der Waals surface area contributed by atoms with Gasteiger partial charge in [-0.3, -0.25) is 15.1 Å². The van der Waals surface area contributed by atoms with Crippen LogP contribution in [0.5, 0.6) is 0 Å². The minimum atomic E-state index is -0.334. The molecule has 0 radical (unpaired) electrons. The molecule has 0 fully saturated rings. The van der Waals surface area contributed by atoms with Gasteiger partial charge < -0.3 is 10.6 Å². The van der Waals surface area contributed by atoms with Crippen molar-refractivity contribution < 1.29 is 9.18 Å². The Kier molecular flexibility index (Phi) is 9.39. The van der Waals surface area contributed by atoms with Gasteiger partial charge in [0.25, 0.3) is 5.91 Å². The Morgan fingerprint density at radius 3 is 2.82 bits per heavy atom. The van der Waals surface area contributed by atoms with Gasteiger partial charge in [0.05, 0.1) is 22.1 Å². The summed E-state index contributed by atoms with van der Waals surface area (Å²) < 4.78 is 14.7. The van der Waals surface area contributed by atoms with E-state index in [1.807, 2.05) is 39.3 Å². The molecule has 0 saturated carbocycles. The molecule has 180 valence electrons. The number of halogens is 1. The minimum Gasteiger partial charge on any atom is -0.389 e. The lowest BCUT2D eigenvalue weighted by Gasteiger charge is -2.25. The van der Waals surface area contributed by atoms with Gasteiger partial charge in [0.1, 0.15) is 5.82 Å². The van der Waals surface area contributed by atoms with Crippen LogP contribution in [0, 0.1) is 12.7 Å². The predicted octanol–water partition coefficient (Wildman–Crippen LogP) is 5.60. The number of carbonyl (C=O) groups excluding carboxylic acids is 1. The van der Waals surface area contributed by atoms with Crippen molar-refractivity contribution in [3.63, 3.8) is 0 Å². The number of nitrogens with one attached hydrogen (secondary N) is 3. The molecule has 6 nitrogen and oxygen atoms in total. The largest absolute Gasteiger partial charge is 0.389 e. The van der Waals surface area contributed by atoms with E-state index in [0.29, 0.717) is 25.4 Å². The van der Waals surface area contributed by atoms with E-state index in [4.69, 9.17) is 0 Å². The highest BCUT2D eigenvalue weighted by molar-refractivity contribution is 7.99. The number of aliphatic imine (C=N–C) groups is 1. The summed E-state index contributed by atoms with van der Waals surface area (Å²) in [6, 6.07) is 6.14. The van der Waals surface area contributed by atoms with Gasteiger partial charge in [-0.2, -0.15) is 0 Å². The second kappa shape index (κ2) is 12.2. The van der Waals surface area contributed by atoms with Crippen molar-refractivity contribution in [2.75, 3.05) is 17.6 Å².